The monoisotopic (exact) mass is 241 g/mol. The van der Waals surface area contributed by atoms with E-state index in [9.17, 15) is 0 Å². The van der Waals surface area contributed by atoms with E-state index in [1.807, 2.05) is 12.1 Å². The van der Waals surface area contributed by atoms with Gasteiger partial charge in [0.05, 0.1) is 10.0 Å². The van der Waals surface area contributed by atoms with E-state index in [0.717, 1.165) is 12.5 Å². The van der Waals surface area contributed by atoms with Crippen molar-refractivity contribution in [3.8, 4) is 0 Å². The largest absolute Gasteiger partial charge is 0.305 e. The molecule has 1 aliphatic carbocycles. The van der Waals surface area contributed by atoms with Gasteiger partial charge in [-0.2, -0.15) is 0 Å². The predicted molar refractivity (Wildman–Crippen MR) is 63.7 cm³/mol. The second kappa shape index (κ2) is 3.13. The van der Waals surface area contributed by atoms with Crippen LogP contribution in [0.25, 0.3) is 0 Å². The summed E-state index contributed by atoms with van der Waals surface area (Å²) in [7, 11) is 2.19. The van der Waals surface area contributed by atoms with Gasteiger partial charge in [0.25, 0.3) is 0 Å². The molecular weight excluding hydrogens is 229 g/mol. The van der Waals surface area contributed by atoms with Crippen LogP contribution in [0.1, 0.15) is 12.0 Å². The highest BCUT2D eigenvalue weighted by atomic mass is 35.5. The fourth-order valence-electron chi connectivity index (χ4n) is 2.99. The zero-order valence-electron chi connectivity index (χ0n) is 8.63. The highest BCUT2D eigenvalue weighted by molar-refractivity contribution is 6.42. The van der Waals surface area contributed by atoms with Gasteiger partial charge in [-0.3, -0.25) is 0 Å². The van der Waals surface area contributed by atoms with Crippen LogP contribution in [0.4, 0.5) is 0 Å². The van der Waals surface area contributed by atoms with Crippen LogP contribution in [0.15, 0.2) is 18.2 Å². The number of piperidine rings is 1. The summed E-state index contributed by atoms with van der Waals surface area (Å²) < 4.78 is 0. The fourth-order valence-corrected chi connectivity index (χ4v) is 3.28. The Labute approximate surface area is 100.0 Å². The van der Waals surface area contributed by atoms with Gasteiger partial charge in [-0.05, 0) is 37.1 Å². The van der Waals surface area contributed by atoms with Crippen LogP contribution in [-0.4, -0.2) is 25.0 Å². The summed E-state index contributed by atoms with van der Waals surface area (Å²) >= 11 is 12.0. The van der Waals surface area contributed by atoms with Crippen LogP contribution in [-0.2, 0) is 5.41 Å². The van der Waals surface area contributed by atoms with E-state index in [0.29, 0.717) is 15.5 Å². The Kier molecular flexibility index (Phi) is 2.08. The number of nitrogens with zero attached hydrogens (tertiary/aromatic N) is 1. The van der Waals surface area contributed by atoms with Gasteiger partial charge in [0.2, 0.25) is 0 Å². The molecular formula is C12H13Cl2N. The lowest BCUT2D eigenvalue weighted by atomic mass is 9.95. The average Bonchev–Trinajstić information content (AvgIpc) is 2.75. The molecule has 15 heavy (non-hydrogen) atoms. The third kappa shape index (κ3) is 1.41. The van der Waals surface area contributed by atoms with Gasteiger partial charge in [-0.15, -0.1) is 0 Å². The molecule has 0 amide bonds. The molecule has 1 nitrogen and oxygen atoms in total. The minimum Gasteiger partial charge on any atom is -0.305 e. The molecule has 0 spiro atoms. The maximum Gasteiger partial charge on any atom is 0.0595 e. The summed E-state index contributed by atoms with van der Waals surface area (Å²) in [4.78, 5) is 2.40. The van der Waals surface area contributed by atoms with Crippen LogP contribution in [0.5, 0.6) is 0 Å². The zero-order valence-corrected chi connectivity index (χ0v) is 10.1. The van der Waals surface area contributed by atoms with E-state index >= 15 is 0 Å². The molecule has 0 radical (unpaired) electrons. The first-order valence-electron chi connectivity index (χ1n) is 5.26. The molecule has 1 aliphatic heterocycles. The zero-order chi connectivity index (χ0) is 10.6. The first kappa shape index (κ1) is 9.95. The van der Waals surface area contributed by atoms with Gasteiger partial charge in [0.15, 0.2) is 0 Å². The molecule has 1 aromatic rings. The van der Waals surface area contributed by atoms with Crippen LogP contribution < -0.4 is 0 Å². The lowest BCUT2D eigenvalue weighted by molar-refractivity contribution is 0.363. The minimum atomic E-state index is 0.392. The molecule has 1 saturated carbocycles. The van der Waals surface area contributed by atoms with Crippen LogP contribution in [0, 0.1) is 5.92 Å². The first-order chi connectivity index (χ1) is 7.12. The van der Waals surface area contributed by atoms with Crippen molar-refractivity contribution in [3.05, 3.63) is 33.8 Å². The SMILES string of the molecule is CN1C[C@@H]2C[C@@]2(c2ccc(Cl)c(Cl)c2)C1. The number of benzene rings is 1. The van der Waals surface area contributed by atoms with Crippen molar-refractivity contribution >= 4 is 23.2 Å². The van der Waals surface area contributed by atoms with E-state index in [-0.39, 0.29) is 0 Å². The molecule has 0 unspecified atom stereocenters. The molecule has 1 aromatic carbocycles. The molecule has 1 saturated heterocycles. The molecule has 0 N–H and O–H groups in total. The van der Waals surface area contributed by atoms with E-state index < -0.39 is 0 Å². The molecule has 80 valence electrons. The van der Waals surface area contributed by atoms with Crippen molar-refractivity contribution in [2.45, 2.75) is 11.8 Å². The Hall–Kier alpha value is -0.240. The maximum atomic E-state index is 6.06. The quantitative estimate of drug-likeness (QED) is 0.731. The topological polar surface area (TPSA) is 3.24 Å². The highest BCUT2D eigenvalue weighted by Gasteiger charge is 2.59. The third-order valence-electron chi connectivity index (χ3n) is 3.81. The molecule has 2 fully saturated rings. The minimum absolute atomic E-state index is 0.392. The third-order valence-corrected chi connectivity index (χ3v) is 4.55. The fraction of sp³-hybridized carbons (Fsp3) is 0.500. The Morgan fingerprint density at radius 3 is 2.73 bits per heavy atom. The van der Waals surface area contributed by atoms with E-state index in [1.165, 1.54) is 18.5 Å². The molecule has 3 heteroatoms. The van der Waals surface area contributed by atoms with Gasteiger partial charge in [0.1, 0.15) is 0 Å². The molecule has 0 bridgehead atoms. The van der Waals surface area contributed by atoms with Gasteiger partial charge in [0, 0.05) is 18.5 Å². The van der Waals surface area contributed by atoms with Crippen molar-refractivity contribution in [3.63, 3.8) is 0 Å². The van der Waals surface area contributed by atoms with Crippen molar-refractivity contribution in [1.29, 1.82) is 0 Å². The number of likely N-dealkylation sites (N-methyl/N-ethyl adjacent to an activating group) is 1. The van der Waals surface area contributed by atoms with Gasteiger partial charge >= 0.3 is 0 Å². The molecule has 3 rings (SSSR count). The van der Waals surface area contributed by atoms with E-state index in [1.54, 1.807) is 0 Å². The Bertz CT molecular complexity index is 418. The summed E-state index contributed by atoms with van der Waals surface area (Å²) in [5.74, 6) is 0.833. The number of likely N-dealkylation sites (tertiary alicyclic amines) is 1. The summed E-state index contributed by atoms with van der Waals surface area (Å²) in [5, 5.41) is 1.34. The summed E-state index contributed by atoms with van der Waals surface area (Å²) in [6.07, 6.45) is 1.31. The molecule has 2 aliphatic rings. The highest BCUT2D eigenvalue weighted by Crippen LogP contribution is 2.59. The number of rotatable bonds is 1. The Balaban J connectivity index is 1.97. The summed E-state index contributed by atoms with van der Waals surface area (Å²) in [6, 6.07) is 6.10. The first-order valence-corrected chi connectivity index (χ1v) is 6.01. The smallest absolute Gasteiger partial charge is 0.0595 e. The van der Waals surface area contributed by atoms with Gasteiger partial charge in [-0.25, -0.2) is 0 Å². The second-order valence-corrected chi connectivity index (χ2v) is 5.70. The van der Waals surface area contributed by atoms with Crippen molar-refractivity contribution in [1.82, 2.24) is 4.90 Å². The van der Waals surface area contributed by atoms with Crippen molar-refractivity contribution < 1.29 is 0 Å². The Morgan fingerprint density at radius 2 is 2.13 bits per heavy atom. The number of fused-ring (bicyclic) bond motifs is 1. The lowest BCUT2D eigenvalue weighted by Crippen LogP contribution is -2.22. The van der Waals surface area contributed by atoms with Gasteiger partial charge in [-0.1, -0.05) is 29.3 Å². The summed E-state index contributed by atoms with van der Waals surface area (Å²) in [6.45, 7) is 2.38. The second-order valence-electron chi connectivity index (χ2n) is 4.88. The average molecular weight is 242 g/mol. The van der Waals surface area contributed by atoms with Crippen LogP contribution in [0.3, 0.4) is 0 Å². The van der Waals surface area contributed by atoms with E-state index in [4.69, 9.17) is 23.2 Å². The number of halogens is 2. The Morgan fingerprint density at radius 1 is 1.33 bits per heavy atom. The number of hydrogen-bond donors (Lipinski definition) is 0. The number of hydrogen-bond acceptors (Lipinski definition) is 1. The standard InChI is InChI=1S/C12H13Cl2N/c1-15-6-9-5-12(9,7-15)8-2-3-10(13)11(14)4-8/h2-4,9H,5-7H2,1H3/t9-,12-/m0/s1. The maximum absolute atomic E-state index is 6.06. The van der Waals surface area contributed by atoms with E-state index in [2.05, 4.69) is 18.0 Å². The summed E-state index contributed by atoms with van der Waals surface area (Å²) in [5.41, 5.74) is 1.76. The van der Waals surface area contributed by atoms with Gasteiger partial charge < -0.3 is 4.90 Å². The van der Waals surface area contributed by atoms with Crippen molar-refractivity contribution in [2.75, 3.05) is 20.1 Å². The molecule has 1 heterocycles. The van der Waals surface area contributed by atoms with Crippen molar-refractivity contribution in [2.24, 2.45) is 5.92 Å². The van der Waals surface area contributed by atoms with Crippen LogP contribution in [0.2, 0.25) is 10.0 Å². The van der Waals surface area contributed by atoms with Crippen LogP contribution >= 0.6 is 23.2 Å². The predicted octanol–water partition coefficient (Wildman–Crippen LogP) is 3.20. The molecule has 2 atom stereocenters. The normalized spacial score (nSPS) is 34.2. The molecule has 0 aromatic heterocycles. The lowest BCUT2D eigenvalue weighted by Gasteiger charge is -2.16.